The molecule has 1 aliphatic rings. The summed E-state index contributed by atoms with van der Waals surface area (Å²) in [4.78, 5) is 0. The summed E-state index contributed by atoms with van der Waals surface area (Å²) in [5, 5.41) is -0.788. The van der Waals surface area contributed by atoms with Crippen molar-refractivity contribution >= 4 is 10.1 Å². The number of hydrogen-bond acceptors (Lipinski definition) is 3. The molecule has 0 aromatic rings. The Hall–Kier alpha value is 0.650. The molecule has 0 spiro atoms. The molecule has 1 rings (SSSR count). The van der Waals surface area contributed by atoms with Gasteiger partial charge in [-0.1, -0.05) is 25.5 Å². The van der Waals surface area contributed by atoms with Crippen LogP contribution in [0.5, 0.6) is 0 Å². The van der Waals surface area contributed by atoms with Crippen molar-refractivity contribution in [2.45, 2.75) is 38.9 Å². The molecular weight excluding hydrogens is 223 g/mol. The smallest absolute Gasteiger partial charge is 0.747 e. The molecule has 5 heteroatoms. The van der Waals surface area contributed by atoms with Crippen molar-refractivity contribution in [3.8, 4) is 0 Å². The van der Waals surface area contributed by atoms with Crippen LogP contribution in [0, 0.1) is 11.8 Å². The first-order chi connectivity index (χ1) is 6.32. The largest absolute Gasteiger partial charge is 1.00 e. The van der Waals surface area contributed by atoms with Gasteiger partial charge in [0.05, 0.1) is 5.25 Å². The van der Waals surface area contributed by atoms with Crippen LogP contribution >= 0.6 is 0 Å². The van der Waals surface area contributed by atoms with E-state index in [1.54, 1.807) is 6.92 Å². The van der Waals surface area contributed by atoms with Crippen LogP contribution in [0.2, 0.25) is 0 Å². The minimum atomic E-state index is -4.16. The first-order valence-electron chi connectivity index (χ1n) is 4.93. The molecular formula is C10H17NaO3S. The Kier molecular flexibility index (Phi) is 6.08. The Bertz CT molecular complexity index is 333. The molecule has 15 heavy (non-hydrogen) atoms. The Morgan fingerprint density at radius 1 is 1.47 bits per heavy atom. The first kappa shape index (κ1) is 15.7. The third-order valence-electron chi connectivity index (χ3n) is 3.06. The first-order valence-corrected chi connectivity index (χ1v) is 6.41. The summed E-state index contributed by atoms with van der Waals surface area (Å²) in [5.74, 6) is 0.760. The molecule has 3 nitrogen and oxygen atoms in total. The molecule has 2 atom stereocenters. The van der Waals surface area contributed by atoms with Crippen LogP contribution in [-0.4, -0.2) is 18.2 Å². The average molecular weight is 240 g/mol. The van der Waals surface area contributed by atoms with Gasteiger partial charge in [0.2, 0.25) is 0 Å². The van der Waals surface area contributed by atoms with Crippen molar-refractivity contribution in [2.75, 3.05) is 0 Å². The Balaban J connectivity index is 0.00000196. The van der Waals surface area contributed by atoms with Crippen LogP contribution in [0.1, 0.15) is 33.6 Å². The van der Waals surface area contributed by atoms with Gasteiger partial charge in [0, 0.05) is 0 Å². The molecule has 0 heterocycles. The van der Waals surface area contributed by atoms with Gasteiger partial charge in [-0.2, -0.15) is 0 Å². The molecule has 0 amide bonds. The summed E-state index contributed by atoms with van der Waals surface area (Å²) in [5.41, 5.74) is 0.719. The van der Waals surface area contributed by atoms with Crippen molar-refractivity contribution in [2.24, 2.45) is 11.8 Å². The summed E-state index contributed by atoms with van der Waals surface area (Å²) in [7, 11) is -4.16. The maximum absolute atomic E-state index is 11.0. The second-order valence-electron chi connectivity index (χ2n) is 4.41. The molecule has 82 valence electrons. The van der Waals surface area contributed by atoms with E-state index in [-0.39, 0.29) is 29.6 Å². The maximum atomic E-state index is 11.0. The second kappa shape index (κ2) is 5.82. The minimum absolute atomic E-state index is 0. The Morgan fingerprint density at radius 3 is 2.40 bits per heavy atom. The average Bonchev–Trinajstić information content (AvgIpc) is 2.02. The van der Waals surface area contributed by atoms with Crippen LogP contribution in [0.3, 0.4) is 0 Å². The summed E-state index contributed by atoms with van der Waals surface area (Å²) in [6, 6.07) is 0. The van der Waals surface area contributed by atoms with Gasteiger partial charge in [0.25, 0.3) is 0 Å². The van der Waals surface area contributed by atoms with E-state index in [4.69, 9.17) is 0 Å². The molecule has 0 N–H and O–H groups in total. The predicted octanol–water partition coefficient (Wildman–Crippen LogP) is -1.08. The Labute approximate surface area is 114 Å². The van der Waals surface area contributed by atoms with Gasteiger partial charge in [-0.25, -0.2) is 8.42 Å². The predicted molar refractivity (Wildman–Crippen MR) is 54.8 cm³/mol. The summed E-state index contributed by atoms with van der Waals surface area (Å²) in [6.45, 7) is 5.86. The Morgan fingerprint density at radius 2 is 2.00 bits per heavy atom. The van der Waals surface area contributed by atoms with E-state index >= 15 is 0 Å². The zero-order valence-electron chi connectivity index (χ0n) is 9.86. The van der Waals surface area contributed by atoms with E-state index in [2.05, 4.69) is 13.8 Å². The third-order valence-corrected chi connectivity index (χ3v) is 4.32. The van der Waals surface area contributed by atoms with E-state index in [1.165, 1.54) is 0 Å². The van der Waals surface area contributed by atoms with E-state index in [1.807, 2.05) is 6.08 Å². The quantitative estimate of drug-likeness (QED) is 0.350. The maximum Gasteiger partial charge on any atom is 1.00 e. The van der Waals surface area contributed by atoms with E-state index < -0.39 is 15.4 Å². The molecule has 0 fully saturated rings. The van der Waals surface area contributed by atoms with Crippen molar-refractivity contribution < 1.29 is 42.5 Å². The zero-order chi connectivity index (χ0) is 10.9. The van der Waals surface area contributed by atoms with Crippen molar-refractivity contribution in [3.63, 3.8) is 0 Å². The SMILES string of the molecule is CC1=CC[C@@H](C(C)C)C[C@@H]1S(=O)(=O)[O-].[Na+]. The zero-order valence-corrected chi connectivity index (χ0v) is 12.7. The van der Waals surface area contributed by atoms with Gasteiger partial charge >= 0.3 is 29.6 Å². The van der Waals surface area contributed by atoms with Gasteiger partial charge < -0.3 is 4.55 Å². The van der Waals surface area contributed by atoms with Crippen LogP contribution in [-0.2, 0) is 10.1 Å². The van der Waals surface area contributed by atoms with Gasteiger partial charge in [-0.05, 0) is 31.6 Å². The molecule has 0 aromatic heterocycles. The van der Waals surface area contributed by atoms with Gasteiger partial charge in [-0.15, -0.1) is 0 Å². The fourth-order valence-corrected chi connectivity index (χ4v) is 2.95. The summed E-state index contributed by atoms with van der Waals surface area (Å²) < 4.78 is 32.9. The molecule has 0 unspecified atom stereocenters. The molecule has 0 saturated heterocycles. The fraction of sp³-hybridized carbons (Fsp3) is 0.800. The molecule has 0 saturated carbocycles. The molecule has 0 aliphatic heterocycles. The van der Waals surface area contributed by atoms with E-state index in [0.29, 0.717) is 18.3 Å². The molecule has 0 aromatic carbocycles. The summed E-state index contributed by atoms with van der Waals surface area (Å²) in [6.07, 6.45) is 3.29. The van der Waals surface area contributed by atoms with Gasteiger partial charge in [-0.3, -0.25) is 0 Å². The number of allylic oxidation sites excluding steroid dienone is 1. The van der Waals surface area contributed by atoms with Crippen LogP contribution in [0.15, 0.2) is 11.6 Å². The normalized spacial score (nSPS) is 27.1. The monoisotopic (exact) mass is 240 g/mol. The van der Waals surface area contributed by atoms with E-state index in [9.17, 15) is 13.0 Å². The molecule has 1 aliphatic carbocycles. The number of rotatable bonds is 2. The minimum Gasteiger partial charge on any atom is -0.747 e. The van der Waals surface area contributed by atoms with Crippen molar-refractivity contribution in [1.82, 2.24) is 0 Å². The van der Waals surface area contributed by atoms with Crippen LogP contribution < -0.4 is 29.6 Å². The molecule has 0 bridgehead atoms. The van der Waals surface area contributed by atoms with Crippen molar-refractivity contribution in [3.05, 3.63) is 11.6 Å². The van der Waals surface area contributed by atoms with Crippen LogP contribution in [0.4, 0.5) is 0 Å². The van der Waals surface area contributed by atoms with Crippen molar-refractivity contribution in [1.29, 1.82) is 0 Å². The topological polar surface area (TPSA) is 57.2 Å². The van der Waals surface area contributed by atoms with Gasteiger partial charge in [0.1, 0.15) is 10.1 Å². The summed E-state index contributed by atoms with van der Waals surface area (Å²) >= 11 is 0. The van der Waals surface area contributed by atoms with E-state index in [0.717, 1.165) is 12.0 Å². The third kappa shape index (κ3) is 4.19. The van der Waals surface area contributed by atoms with Gasteiger partial charge in [0.15, 0.2) is 0 Å². The number of hydrogen-bond donors (Lipinski definition) is 0. The molecule has 0 radical (unpaired) electrons. The standard InChI is InChI=1S/C10H18O3S.Na/c1-7(2)9-5-4-8(3)10(6-9)14(11,12)13;/h4,7,9-10H,5-6H2,1-3H3,(H,11,12,13);/q;+1/p-1/t9-,10+;/m1./s1. The van der Waals surface area contributed by atoms with Crippen LogP contribution in [0.25, 0.3) is 0 Å². The fourth-order valence-electron chi connectivity index (χ4n) is 1.92. The second-order valence-corrected chi connectivity index (χ2v) is 5.96.